The van der Waals surface area contributed by atoms with Gasteiger partial charge in [-0.1, -0.05) is 26.0 Å². The molecule has 0 amide bonds. The Morgan fingerprint density at radius 1 is 1.19 bits per heavy atom. The number of nitrogens with one attached hydrogen (secondary N) is 1. The van der Waals surface area contributed by atoms with Gasteiger partial charge in [-0.3, -0.25) is 4.90 Å². The van der Waals surface area contributed by atoms with Crippen LogP contribution in [-0.2, 0) is 0 Å². The lowest BCUT2D eigenvalue weighted by Crippen LogP contribution is -2.52. The molecule has 0 spiro atoms. The Bertz CT molecular complexity index is 996. The molecule has 0 radical (unpaired) electrons. The zero-order valence-electron chi connectivity index (χ0n) is 18.2. The molecule has 1 fully saturated rings. The molecule has 1 heterocycles. The largest absolute Gasteiger partial charge is 0.493 e. The molecule has 3 rings (SSSR count). The zero-order chi connectivity index (χ0) is 22.6. The summed E-state index contributed by atoms with van der Waals surface area (Å²) in [6, 6.07) is 11.9. The van der Waals surface area contributed by atoms with Crippen LogP contribution in [0.15, 0.2) is 29.8 Å². The van der Waals surface area contributed by atoms with Crippen molar-refractivity contribution in [2.45, 2.75) is 26.2 Å². The van der Waals surface area contributed by atoms with E-state index in [9.17, 15) is 15.8 Å². The van der Waals surface area contributed by atoms with Crippen LogP contribution >= 0.6 is 0 Å². The average Bonchev–Trinajstić information content (AvgIpc) is 2.81. The molecule has 1 saturated carbocycles. The van der Waals surface area contributed by atoms with Crippen molar-refractivity contribution in [3.05, 3.63) is 35.4 Å². The van der Waals surface area contributed by atoms with Crippen molar-refractivity contribution < 1.29 is 9.47 Å². The molecule has 1 aromatic rings. The molecule has 1 aliphatic heterocycles. The Labute approximate surface area is 183 Å². The maximum absolute atomic E-state index is 10.2. The van der Waals surface area contributed by atoms with Gasteiger partial charge in [0.05, 0.1) is 37.6 Å². The standard InChI is InChI=1S/C24H27N5O2/c1-4-10-31-20-7-6-16(11-21(20)30-3)22-19-13-29(5-2)9-8-17(19)18(12-25)23(28)24(22,14-26)15-27/h6-8,11,18-19,22,28H,4-5,9-10,13H2,1-3H3/t18-,19+,22-/m0/s1. The highest BCUT2D eigenvalue weighted by Crippen LogP contribution is 2.54. The van der Waals surface area contributed by atoms with Crippen LogP contribution in [0.4, 0.5) is 0 Å². The lowest BCUT2D eigenvalue weighted by Gasteiger charge is -2.47. The molecule has 31 heavy (non-hydrogen) atoms. The van der Waals surface area contributed by atoms with Crippen molar-refractivity contribution in [2.24, 2.45) is 17.3 Å². The number of fused-ring (bicyclic) bond motifs is 1. The number of hydrogen-bond acceptors (Lipinski definition) is 7. The predicted octanol–water partition coefficient (Wildman–Crippen LogP) is 3.65. The van der Waals surface area contributed by atoms with E-state index in [-0.39, 0.29) is 11.6 Å². The van der Waals surface area contributed by atoms with Crippen molar-refractivity contribution in [1.82, 2.24) is 4.90 Å². The van der Waals surface area contributed by atoms with Gasteiger partial charge < -0.3 is 14.9 Å². The molecule has 2 aliphatic rings. The molecule has 0 bridgehead atoms. The Balaban J connectivity index is 2.19. The van der Waals surface area contributed by atoms with E-state index in [1.807, 2.05) is 25.1 Å². The SMILES string of the molecule is CCCOc1ccc([C@H]2[C@@H]3CN(CC)CC=C3[C@H](C#N)C(=N)C2(C#N)C#N)cc1OC. The van der Waals surface area contributed by atoms with Gasteiger partial charge in [0.15, 0.2) is 16.9 Å². The summed E-state index contributed by atoms with van der Waals surface area (Å²) in [5.74, 6) is -0.539. The Morgan fingerprint density at radius 2 is 1.94 bits per heavy atom. The number of hydrogen-bond donors (Lipinski definition) is 1. The Kier molecular flexibility index (Phi) is 6.64. The van der Waals surface area contributed by atoms with Crippen molar-refractivity contribution in [1.29, 1.82) is 21.2 Å². The van der Waals surface area contributed by atoms with E-state index in [2.05, 4.69) is 30.0 Å². The molecule has 7 nitrogen and oxygen atoms in total. The van der Waals surface area contributed by atoms with Crippen LogP contribution < -0.4 is 9.47 Å². The van der Waals surface area contributed by atoms with Crippen LogP contribution in [0.1, 0.15) is 31.7 Å². The van der Waals surface area contributed by atoms with Crippen LogP contribution in [0, 0.1) is 56.7 Å². The molecular weight excluding hydrogens is 390 g/mol. The minimum Gasteiger partial charge on any atom is -0.493 e. The highest BCUT2D eigenvalue weighted by Gasteiger charge is 2.57. The first kappa shape index (κ1) is 22.3. The molecule has 1 N–H and O–H groups in total. The minimum absolute atomic E-state index is 0.136. The van der Waals surface area contributed by atoms with Gasteiger partial charge in [-0.15, -0.1) is 0 Å². The van der Waals surface area contributed by atoms with Gasteiger partial charge in [0, 0.05) is 24.9 Å². The van der Waals surface area contributed by atoms with Gasteiger partial charge in [0.1, 0.15) is 5.92 Å². The number of methoxy groups -OCH3 is 1. The fraction of sp³-hybridized carbons (Fsp3) is 0.500. The predicted molar refractivity (Wildman–Crippen MR) is 116 cm³/mol. The molecule has 160 valence electrons. The average molecular weight is 418 g/mol. The van der Waals surface area contributed by atoms with E-state index >= 15 is 0 Å². The summed E-state index contributed by atoms with van der Waals surface area (Å²) in [5.41, 5.74) is -0.286. The lowest BCUT2D eigenvalue weighted by molar-refractivity contribution is 0.211. The van der Waals surface area contributed by atoms with Gasteiger partial charge in [0.25, 0.3) is 0 Å². The van der Waals surface area contributed by atoms with Crippen LogP contribution in [0.5, 0.6) is 11.5 Å². The first-order chi connectivity index (χ1) is 15.0. The molecular formula is C24H27N5O2. The Morgan fingerprint density at radius 3 is 2.52 bits per heavy atom. The third-order valence-corrected chi connectivity index (χ3v) is 6.32. The number of rotatable bonds is 6. The summed E-state index contributed by atoms with van der Waals surface area (Å²) < 4.78 is 11.3. The van der Waals surface area contributed by atoms with E-state index in [0.29, 0.717) is 31.2 Å². The van der Waals surface area contributed by atoms with Gasteiger partial charge in [-0.05, 0) is 36.2 Å². The summed E-state index contributed by atoms with van der Waals surface area (Å²) in [6.45, 7) is 6.77. The number of nitrogens with zero attached hydrogens (tertiary/aromatic N) is 4. The smallest absolute Gasteiger partial charge is 0.189 e. The zero-order valence-corrected chi connectivity index (χ0v) is 18.2. The first-order valence-corrected chi connectivity index (χ1v) is 10.5. The van der Waals surface area contributed by atoms with Crippen LogP contribution in [-0.4, -0.2) is 44.0 Å². The topological polar surface area (TPSA) is 117 Å². The van der Waals surface area contributed by atoms with Crippen LogP contribution in [0.25, 0.3) is 0 Å². The quantitative estimate of drug-likeness (QED) is 0.706. The number of benzene rings is 1. The van der Waals surface area contributed by atoms with Crippen LogP contribution in [0.2, 0.25) is 0 Å². The molecule has 0 unspecified atom stereocenters. The maximum atomic E-state index is 10.2. The second-order valence-corrected chi connectivity index (χ2v) is 7.91. The van der Waals surface area contributed by atoms with Gasteiger partial charge in [-0.25, -0.2) is 0 Å². The summed E-state index contributed by atoms with van der Waals surface area (Å²) in [6.07, 6.45) is 2.86. The first-order valence-electron chi connectivity index (χ1n) is 10.5. The second-order valence-electron chi connectivity index (χ2n) is 7.91. The van der Waals surface area contributed by atoms with Gasteiger partial charge in [0.2, 0.25) is 0 Å². The highest BCUT2D eigenvalue weighted by atomic mass is 16.5. The van der Waals surface area contributed by atoms with Gasteiger partial charge >= 0.3 is 0 Å². The van der Waals surface area contributed by atoms with E-state index in [1.54, 1.807) is 13.2 Å². The van der Waals surface area contributed by atoms with E-state index in [0.717, 1.165) is 24.1 Å². The fourth-order valence-corrected chi connectivity index (χ4v) is 4.71. The normalized spacial score (nSPS) is 24.7. The highest BCUT2D eigenvalue weighted by molar-refractivity contribution is 6.00. The minimum atomic E-state index is -1.73. The maximum Gasteiger partial charge on any atom is 0.189 e. The summed E-state index contributed by atoms with van der Waals surface area (Å²) in [4.78, 5) is 2.22. The van der Waals surface area contributed by atoms with Crippen molar-refractivity contribution in [2.75, 3.05) is 33.4 Å². The number of ether oxygens (including phenoxy) is 2. The molecule has 7 heteroatoms. The lowest BCUT2D eigenvalue weighted by atomic mass is 9.54. The monoisotopic (exact) mass is 417 g/mol. The molecule has 0 saturated heterocycles. The van der Waals surface area contributed by atoms with Crippen molar-refractivity contribution in [3.63, 3.8) is 0 Å². The van der Waals surface area contributed by atoms with Crippen LogP contribution in [0.3, 0.4) is 0 Å². The molecule has 0 aromatic heterocycles. The van der Waals surface area contributed by atoms with Crippen molar-refractivity contribution >= 4 is 5.71 Å². The third kappa shape index (κ3) is 3.65. The second kappa shape index (κ2) is 9.21. The van der Waals surface area contributed by atoms with E-state index < -0.39 is 17.3 Å². The van der Waals surface area contributed by atoms with E-state index in [1.165, 1.54) is 0 Å². The summed E-state index contributed by atoms with van der Waals surface area (Å²) >= 11 is 0. The summed E-state index contributed by atoms with van der Waals surface area (Å²) in [5, 5.41) is 38.8. The number of nitriles is 3. The Hall–Kier alpha value is -3.34. The third-order valence-electron chi connectivity index (χ3n) is 6.32. The molecule has 3 atom stereocenters. The summed E-state index contributed by atoms with van der Waals surface area (Å²) in [7, 11) is 1.55. The van der Waals surface area contributed by atoms with Crippen molar-refractivity contribution in [3.8, 4) is 29.7 Å². The fourth-order valence-electron chi connectivity index (χ4n) is 4.71. The molecule has 1 aromatic carbocycles. The van der Waals surface area contributed by atoms with Gasteiger partial charge in [-0.2, -0.15) is 15.8 Å². The number of likely N-dealkylation sites (N-methyl/N-ethyl adjacent to an activating group) is 1. The molecule has 1 aliphatic carbocycles. The van der Waals surface area contributed by atoms with E-state index in [4.69, 9.17) is 14.9 Å².